The highest BCUT2D eigenvalue weighted by molar-refractivity contribution is 6.33. The number of anilines is 1. The molecule has 0 saturated heterocycles. The number of H-pyrrole nitrogens is 1. The third kappa shape index (κ3) is 3.03. The summed E-state index contributed by atoms with van der Waals surface area (Å²) in [5, 5.41) is 9.82. The molecule has 0 spiro atoms. The maximum atomic E-state index is 12.2. The Kier molecular flexibility index (Phi) is 4.01. The van der Waals surface area contributed by atoms with E-state index in [1.807, 2.05) is 0 Å². The van der Waals surface area contributed by atoms with Crippen LogP contribution in [0.4, 0.5) is 5.82 Å². The van der Waals surface area contributed by atoms with Gasteiger partial charge in [0.25, 0.3) is 5.91 Å². The molecule has 100 valence electrons. The molecule has 0 aliphatic rings. The van der Waals surface area contributed by atoms with Crippen molar-refractivity contribution in [1.29, 1.82) is 0 Å². The number of pyridine rings is 1. The second-order valence-corrected chi connectivity index (χ2v) is 4.48. The summed E-state index contributed by atoms with van der Waals surface area (Å²) in [5.74, 6) is 0.411. The van der Waals surface area contributed by atoms with Crippen molar-refractivity contribution < 1.29 is 4.79 Å². The highest BCUT2D eigenvalue weighted by atomic mass is 35.5. The quantitative estimate of drug-likeness (QED) is 0.894. The molecular weight excluding hydrogens is 266 g/mol. The zero-order valence-electron chi connectivity index (χ0n) is 10.6. The Balaban J connectivity index is 2.12. The van der Waals surface area contributed by atoms with Gasteiger partial charge < -0.3 is 10.2 Å². The topological polar surface area (TPSA) is 73.9 Å². The fraction of sp³-hybridized carbons (Fsp3) is 0.250. The summed E-state index contributed by atoms with van der Waals surface area (Å²) in [6, 6.07) is 1.61. The van der Waals surface area contributed by atoms with Crippen LogP contribution >= 0.6 is 11.6 Å². The molecule has 0 unspecified atom stereocenters. The number of nitrogens with one attached hydrogen (secondary N) is 2. The van der Waals surface area contributed by atoms with Gasteiger partial charge in [-0.2, -0.15) is 5.10 Å². The number of carbonyl (C=O) groups is 1. The molecule has 0 radical (unpaired) electrons. The average molecular weight is 280 g/mol. The first-order chi connectivity index (χ1) is 9.11. The van der Waals surface area contributed by atoms with Crippen molar-refractivity contribution >= 4 is 23.3 Å². The SMILES string of the molecule is CNc1ncc(C(=O)N(C)Cc2cn[nH]c2)cc1Cl. The van der Waals surface area contributed by atoms with Crippen LogP contribution in [-0.2, 0) is 6.54 Å². The predicted molar refractivity (Wildman–Crippen MR) is 73.2 cm³/mol. The van der Waals surface area contributed by atoms with Crippen LogP contribution in [0.1, 0.15) is 15.9 Å². The van der Waals surface area contributed by atoms with E-state index < -0.39 is 0 Å². The molecule has 0 fully saturated rings. The Morgan fingerprint density at radius 1 is 1.53 bits per heavy atom. The van der Waals surface area contributed by atoms with E-state index in [9.17, 15) is 4.79 Å². The van der Waals surface area contributed by atoms with Gasteiger partial charge in [-0.1, -0.05) is 11.6 Å². The summed E-state index contributed by atoms with van der Waals surface area (Å²) < 4.78 is 0. The van der Waals surface area contributed by atoms with Gasteiger partial charge in [0.1, 0.15) is 5.82 Å². The minimum atomic E-state index is -0.141. The Morgan fingerprint density at radius 3 is 2.89 bits per heavy atom. The fourth-order valence-electron chi connectivity index (χ4n) is 1.67. The number of amides is 1. The largest absolute Gasteiger partial charge is 0.372 e. The molecule has 2 N–H and O–H groups in total. The van der Waals surface area contributed by atoms with Gasteiger partial charge in [0.05, 0.1) is 16.8 Å². The molecule has 0 saturated carbocycles. The molecule has 0 aromatic carbocycles. The monoisotopic (exact) mass is 279 g/mol. The van der Waals surface area contributed by atoms with Gasteiger partial charge in [-0.3, -0.25) is 9.89 Å². The van der Waals surface area contributed by atoms with Crippen molar-refractivity contribution in [2.45, 2.75) is 6.54 Å². The molecule has 19 heavy (non-hydrogen) atoms. The second kappa shape index (κ2) is 5.71. The van der Waals surface area contributed by atoms with Crippen LogP contribution in [-0.4, -0.2) is 40.1 Å². The summed E-state index contributed by atoms with van der Waals surface area (Å²) in [5.41, 5.74) is 1.39. The molecular formula is C12H14ClN5O. The summed E-state index contributed by atoms with van der Waals surface area (Å²) >= 11 is 6.01. The van der Waals surface area contributed by atoms with E-state index >= 15 is 0 Å². The first kappa shape index (κ1) is 13.4. The van der Waals surface area contributed by atoms with Crippen LogP contribution in [0.5, 0.6) is 0 Å². The average Bonchev–Trinajstić information content (AvgIpc) is 2.90. The van der Waals surface area contributed by atoms with Gasteiger partial charge in [0, 0.05) is 38.6 Å². The van der Waals surface area contributed by atoms with Gasteiger partial charge >= 0.3 is 0 Å². The molecule has 0 atom stereocenters. The van der Waals surface area contributed by atoms with Crippen molar-refractivity contribution in [1.82, 2.24) is 20.1 Å². The molecule has 2 aromatic heterocycles. The summed E-state index contributed by atoms with van der Waals surface area (Å²) in [6.45, 7) is 0.473. The molecule has 1 amide bonds. The molecule has 0 bridgehead atoms. The lowest BCUT2D eigenvalue weighted by Crippen LogP contribution is -2.26. The summed E-state index contributed by atoms with van der Waals surface area (Å²) in [4.78, 5) is 17.9. The number of carbonyl (C=O) groups excluding carboxylic acids is 1. The predicted octanol–water partition coefficient (Wildman–Crippen LogP) is 1.77. The van der Waals surface area contributed by atoms with Crippen LogP contribution in [0.15, 0.2) is 24.7 Å². The van der Waals surface area contributed by atoms with Crippen molar-refractivity contribution in [3.05, 3.63) is 40.8 Å². The zero-order chi connectivity index (χ0) is 13.8. The minimum Gasteiger partial charge on any atom is -0.372 e. The van der Waals surface area contributed by atoms with Crippen molar-refractivity contribution in [2.75, 3.05) is 19.4 Å². The van der Waals surface area contributed by atoms with Gasteiger partial charge in [-0.05, 0) is 6.07 Å². The van der Waals surface area contributed by atoms with Crippen molar-refractivity contribution in [3.8, 4) is 0 Å². The maximum Gasteiger partial charge on any atom is 0.255 e. The molecule has 2 heterocycles. The Hall–Kier alpha value is -2.08. The van der Waals surface area contributed by atoms with Crippen LogP contribution in [0.3, 0.4) is 0 Å². The van der Waals surface area contributed by atoms with Gasteiger partial charge in [-0.15, -0.1) is 0 Å². The van der Waals surface area contributed by atoms with E-state index in [1.54, 1.807) is 37.5 Å². The molecule has 0 aliphatic heterocycles. The standard InChI is InChI=1S/C12H14ClN5O/c1-14-11-10(13)3-9(6-15-11)12(19)18(2)7-8-4-16-17-5-8/h3-6H,7H2,1-2H3,(H,14,15)(H,16,17). The molecule has 2 aromatic rings. The number of hydrogen-bond donors (Lipinski definition) is 2. The van der Waals surface area contributed by atoms with Gasteiger partial charge in [0.2, 0.25) is 0 Å². The number of nitrogens with zero attached hydrogens (tertiary/aromatic N) is 3. The lowest BCUT2D eigenvalue weighted by atomic mass is 10.2. The molecule has 2 rings (SSSR count). The first-order valence-corrected chi connectivity index (χ1v) is 6.06. The van der Waals surface area contributed by atoms with Crippen LogP contribution < -0.4 is 5.32 Å². The zero-order valence-corrected chi connectivity index (χ0v) is 11.4. The molecule has 0 aliphatic carbocycles. The van der Waals surface area contributed by atoms with Crippen molar-refractivity contribution in [3.63, 3.8) is 0 Å². The third-order valence-electron chi connectivity index (χ3n) is 2.65. The Bertz CT molecular complexity index is 570. The van der Waals surface area contributed by atoms with Crippen LogP contribution in [0.2, 0.25) is 5.02 Å². The summed E-state index contributed by atoms with van der Waals surface area (Å²) in [6.07, 6.45) is 4.93. The first-order valence-electron chi connectivity index (χ1n) is 5.68. The normalized spacial score (nSPS) is 10.3. The van der Waals surface area contributed by atoms with Gasteiger partial charge in [0.15, 0.2) is 0 Å². The lowest BCUT2D eigenvalue weighted by Gasteiger charge is -2.16. The van der Waals surface area contributed by atoms with E-state index in [2.05, 4.69) is 20.5 Å². The van der Waals surface area contributed by atoms with E-state index in [-0.39, 0.29) is 5.91 Å². The number of aromatic amines is 1. The van der Waals surface area contributed by atoms with Crippen molar-refractivity contribution in [2.24, 2.45) is 0 Å². The van der Waals surface area contributed by atoms with Gasteiger partial charge in [-0.25, -0.2) is 4.98 Å². The highest BCUT2D eigenvalue weighted by Gasteiger charge is 2.14. The minimum absolute atomic E-state index is 0.141. The number of hydrogen-bond acceptors (Lipinski definition) is 4. The summed E-state index contributed by atoms with van der Waals surface area (Å²) in [7, 11) is 3.44. The van der Waals surface area contributed by atoms with E-state index in [0.717, 1.165) is 5.56 Å². The Morgan fingerprint density at radius 2 is 2.32 bits per heavy atom. The number of rotatable bonds is 4. The lowest BCUT2D eigenvalue weighted by molar-refractivity contribution is 0.0785. The van der Waals surface area contributed by atoms with Crippen LogP contribution in [0, 0.1) is 0 Å². The maximum absolute atomic E-state index is 12.2. The highest BCUT2D eigenvalue weighted by Crippen LogP contribution is 2.20. The van der Waals surface area contributed by atoms with E-state index in [1.165, 1.54) is 6.20 Å². The molecule has 7 heteroatoms. The smallest absolute Gasteiger partial charge is 0.255 e. The third-order valence-corrected chi connectivity index (χ3v) is 2.93. The number of halogens is 1. The Labute approximate surface area is 115 Å². The van der Waals surface area contributed by atoms with E-state index in [4.69, 9.17) is 11.6 Å². The molecule has 6 nitrogen and oxygen atoms in total. The van der Waals surface area contributed by atoms with E-state index in [0.29, 0.717) is 22.9 Å². The fourth-order valence-corrected chi connectivity index (χ4v) is 1.93. The van der Waals surface area contributed by atoms with Crippen LogP contribution in [0.25, 0.3) is 0 Å². The second-order valence-electron chi connectivity index (χ2n) is 4.07. The number of aromatic nitrogens is 3.